The molecule has 0 atom stereocenters. The molecule has 4 aromatic rings. The smallest absolute Gasteiger partial charge is 0.259 e. The summed E-state index contributed by atoms with van der Waals surface area (Å²) in [7, 11) is 0. The molecule has 27 heavy (non-hydrogen) atoms. The Morgan fingerprint density at radius 1 is 1.19 bits per heavy atom. The normalized spacial score (nSPS) is 11.1. The number of aromatic amines is 1. The first-order chi connectivity index (χ1) is 13.1. The van der Waals surface area contributed by atoms with Crippen LogP contribution in [0.1, 0.15) is 22.8 Å². The van der Waals surface area contributed by atoms with Gasteiger partial charge in [-0.1, -0.05) is 30.3 Å². The summed E-state index contributed by atoms with van der Waals surface area (Å²) in [6, 6.07) is 15.9. The maximum absolute atomic E-state index is 13.8. The van der Waals surface area contributed by atoms with Crippen LogP contribution in [0.4, 0.5) is 10.2 Å². The molecule has 2 aromatic carbocycles. The number of aromatic nitrogens is 3. The van der Waals surface area contributed by atoms with Crippen molar-refractivity contribution in [2.24, 2.45) is 0 Å². The predicted octanol–water partition coefficient (Wildman–Crippen LogP) is 4.75. The van der Waals surface area contributed by atoms with Gasteiger partial charge >= 0.3 is 0 Å². The minimum absolute atomic E-state index is 0.0131. The molecule has 5 nitrogen and oxygen atoms in total. The van der Waals surface area contributed by atoms with E-state index in [1.54, 1.807) is 18.2 Å². The second kappa shape index (κ2) is 6.72. The third kappa shape index (κ3) is 2.89. The van der Waals surface area contributed by atoms with Crippen molar-refractivity contribution in [1.82, 2.24) is 14.8 Å². The highest BCUT2D eigenvalue weighted by Gasteiger charge is 2.18. The second-order valence-corrected chi connectivity index (χ2v) is 6.34. The molecule has 0 spiro atoms. The minimum Gasteiger partial charge on any atom is -0.339 e. The number of H-pyrrole nitrogens is 1. The van der Waals surface area contributed by atoms with Crippen LogP contribution in [0.15, 0.2) is 54.6 Å². The van der Waals surface area contributed by atoms with Crippen molar-refractivity contribution >= 4 is 22.6 Å². The average molecular weight is 362 g/mol. The van der Waals surface area contributed by atoms with Gasteiger partial charge in [-0.2, -0.15) is 5.10 Å². The van der Waals surface area contributed by atoms with E-state index < -0.39 is 11.7 Å². The molecule has 6 heteroatoms. The van der Waals surface area contributed by atoms with Crippen LogP contribution in [0.5, 0.6) is 0 Å². The van der Waals surface area contributed by atoms with Gasteiger partial charge < -0.3 is 9.88 Å². The molecule has 2 aromatic heterocycles. The summed E-state index contributed by atoms with van der Waals surface area (Å²) in [5.41, 5.74) is 4.11. The highest BCUT2D eigenvalue weighted by Crippen LogP contribution is 2.33. The van der Waals surface area contributed by atoms with Gasteiger partial charge in [0.2, 0.25) is 0 Å². The van der Waals surface area contributed by atoms with E-state index in [-0.39, 0.29) is 5.56 Å². The van der Waals surface area contributed by atoms with E-state index in [4.69, 9.17) is 0 Å². The first-order valence-electron chi connectivity index (χ1n) is 8.79. The topological polar surface area (TPSA) is 62.7 Å². The fourth-order valence-electron chi connectivity index (χ4n) is 3.49. The third-order valence-electron chi connectivity index (χ3n) is 4.73. The van der Waals surface area contributed by atoms with E-state index in [0.29, 0.717) is 5.82 Å². The Morgan fingerprint density at radius 3 is 2.70 bits per heavy atom. The second-order valence-electron chi connectivity index (χ2n) is 6.34. The van der Waals surface area contributed by atoms with E-state index in [1.807, 2.05) is 12.1 Å². The lowest BCUT2D eigenvalue weighted by atomic mass is 10.1. The lowest BCUT2D eigenvalue weighted by Gasteiger charge is -2.06. The van der Waals surface area contributed by atoms with Crippen molar-refractivity contribution in [3.05, 3.63) is 71.5 Å². The lowest BCUT2D eigenvalue weighted by molar-refractivity contribution is 0.102. The molecule has 0 aliphatic rings. The van der Waals surface area contributed by atoms with Crippen LogP contribution in [0, 0.1) is 12.7 Å². The van der Waals surface area contributed by atoms with Crippen molar-refractivity contribution in [1.29, 1.82) is 0 Å². The SMILES string of the molecule is CCn1c(-c2cc(NC(=O)c3ccccc3F)n[nH]2)c(C)c2ccccc21. The number of anilines is 1. The number of benzene rings is 2. The number of nitrogens with one attached hydrogen (secondary N) is 2. The summed E-state index contributed by atoms with van der Waals surface area (Å²) in [4.78, 5) is 12.3. The predicted molar refractivity (Wildman–Crippen MR) is 104 cm³/mol. The molecule has 1 amide bonds. The zero-order chi connectivity index (χ0) is 19.0. The molecule has 136 valence electrons. The number of halogens is 1. The summed E-state index contributed by atoms with van der Waals surface area (Å²) in [5, 5.41) is 11.0. The highest BCUT2D eigenvalue weighted by molar-refractivity contribution is 6.04. The van der Waals surface area contributed by atoms with Crippen molar-refractivity contribution in [3.8, 4) is 11.4 Å². The van der Waals surface area contributed by atoms with Crippen LogP contribution >= 0.6 is 0 Å². The maximum atomic E-state index is 13.8. The maximum Gasteiger partial charge on any atom is 0.259 e. The summed E-state index contributed by atoms with van der Waals surface area (Å²) in [5.74, 6) is -0.739. The molecule has 2 N–H and O–H groups in total. The molecule has 0 bridgehead atoms. The van der Waals surface area contributed by atoms with Crippen LogP contribution in [0.25, 0.3) is 22.3 Å². The number of hydrogen-bond donors (Lipinski definition) is 2. The molecule has 4 rings (SSSR count). The number of nitrogens with zero attached hydrogens (tertiary/aromatic N) is 2. The molecule has 0 radical (unpaired) electrons. The Bertz CT molecular complexity index is 1140. The minimum atomic E-state index is -0.562. The standard InChI is InChI=1S/C21H19FN4O/c1-3-26-18-11-7-5-8-14(18)13(2)20(26)17-12-19(25-24-17)23-21(27)15-9-4-6-10-16(15)22/h4-12H,3H2,1-2H3,(H2,23,24,25,27). The highest BCUT2D eigenvalue weighted by atomic mass is 19.1. The van der Waals surface area contributed by atoms with Gasteiger partial charge in [0.25, 0.3) is 5.91 Å². The Kier molecular flexibility index (Phi) is 4.24. The monoisotopic (exact) mass is 362 g/mol. The van der Waals surface area contributed by atoms with Crippen LogP contribution in [0.3, 0.4) is 0 Å². The molecule has 0 aliphatic carbocycles. The Balaban J connectivity index is 1.69. The molecule has 0 saturated carbocycles. The molecule has 0 aliphatic heterocycles. The van der Waals surface area contributed by atoms with Crippen molar-refractivity contribution in [3.63, 3.8) is 0 Å². The summed E-state index contributed by atoms with van der Waals surface area (Å²) in [6.45, 7) is 4.97. The zero-order valence-electron chi connectivity index (χ0n) is 15.1. The van der Waals surface area contributed by atoms with Gasteiger partial charge in [-0.3, -0.25) is 9.89 Å². The lowest BCUT2D eigenvalue weighted by Crippen LogP contribution is -2.13. The number of para-hydroxylation sites is 1. The Hall–Kier alpha value is -3.41. The average Bonchev–Trinajstić information content (AvgIpc) is 3.24. The first-order valence-corrected chi connectivity index (χ1v) is 8.79. The number of hydrogen-bond acceptors (Lipinski definition) is 2. The van der Waals surface area contributed by atoms with Gasteiger partial charge in [-0.15, -0.1) is 0 Å². The largest absolute Gasteiger partial charge is 0.339 e. The molecule has 0 unspecified atom stereocenters. The summed E-state index contributed by atoms with van der Waals surface area (Å²) in [6.07, 6.45) is 0. The van der Waals surface area contributed by atoms with Gasteiger partial charge in [-0.25, -0.2) is 4.39 Å². The van der Waals surface area contributed by atoms with Gasteiger partial charge in [0, 0.05) is 23.5 Å². The third-order valence-corrected chi connectivity index (χ3v) is 4.73. The van der Waals surface area contributed by atoms with E-state index in [1.165, 1.54) is 17.5 Å². The van der Waals surface area contributed by atoms with E-state index in [2.05, 4.69) is 46.1 Å². The summed E-state index contributed by atoms with van der Waals surface area (Å²) >= 11 is 0. The van der Waals surface area contributed by atoms with Gasteiger partial charge in [0.1, 0.15) is 5.82 Å². The number of amides is 1. The van der Waals surface area contributed by atoms with Crippen molar-refractivity contribution < 1.29 is 9.18 Å². The van der Waals surface area contributed by atoms with Gasteiger partial charge in [0.05, 0.1) is 17.0 Å². The molecule has 0 fully saturated rings. The molecule has 0 saturated heterocycles. The van der Waals surface area contributed by atoms with Crippen LogP contribution in [-0.2, 0) is 6.54 Å². The Labute approximate surface area is 155 Å². The van der Waals surface area contributed by atoms with Crippen LogP contribution in [0.2, 0.25) is 0 Å². The molecular weight excluding hydrogens is 343 g/mol. The van der Waals surface area contributed by atoms with Gasteiger partial charge in [0.15, 0.2) is 5.82 Å². The van der Waals surface area contributed by atoms with Crippen molar-refractivity contribution in [2.75, 3.05) is 5.32 Å². The first kappa shape index (κ1) is 17.0. The van der Waals surface area contributed by atoms with E-state index >= 15 is 0 Å². The fourth-order valence-corrected chi connectivity index (χ4v) is 3.49. The number of carbonyl (C=O) groups is 1. The number of aryl methyl sites for hydroxylation is 2. The molecular formula is C21H19FN4O. The quantitative estimate of drug-likeness (QED) is 0.550. The van der Waals surface area contributed by atoms with Crippen LogP contribution in [-0.4, -0.2) is 20.7 Å². The number of carbonyl (C=O) groups excluding carboxylic acids is 1. The van der Waals surface area contributed by atoms with E-state index in [0.717, 1.165) is 29.0 Å². The number of rotatable bonds is 4. The Morgan fingerprint density at radius 2 is 1.93 bits per heavy atom. The number of fused-ring (bicyclic) bond motifs is 1. The fraction of sp³-hybridized carbons (Fsp3) is 0.143. The van der Waals surface area contributed by atoms with Crippen LogP contribution < -0.4 is 5.32 Å². The summed E-state index contributed by atoms with van der Waals surface area (Å²) < 4.78 is 16.0. The van der Waals surface area contributed by atoms with E-state index in [9.17, 15) is 9.18 Å². The van der Waals surface area contributed by atoms with Gasteiger partial charge in [-0.05, 0) is 37.6 Å². The molecule has 2 heterocycles. The zero-order valence-corrected chi connectivity index (χ0v) is 15.1. The van der Waals surface area contributed by atoms with Crippen molar-refractivity contribution in [2.45, 2.75) is 20.4 Å².